The number of carboxylic acid groups (broad SMARTS) is 1. The van der Waals surface area contributed by atoms with Crippen LogP contribution in [0.15, 0.2) is 59.0 Å². The van der Waals surface area contributed by atoms with Crippen molar-refractivity contribution < 1.29 is 19.5 Å². The first-order valence-electron chi connectivity index (χ1n) is 7.00. The SMILES string of the molecule is C/C(=C(/C(=O)O)N(C=O)OCc1ccccc1)c1ccncc1Br. The maximum Gasteiger partial charge on any atom is 0.355 e. The van der Waals surface area contributed by atoms with Crippen LogP contribution in [-0.2, 0) is 21.0 Å². The number of allylic oxidation sites excluding steroid dienone is 1. The highest BCUT2D eigenvalue weighted by Gasteiger charge is 2.22. The quantitative estimate of drug-likeness (QED) is 0.445. The summed E-state index contributed by atoms with van der Waals surface area (Å²) in [5, 5.41) is 10.3. The van der Waals surface area contributed by atoms with Gasteiger partial charge in [-0.2, -0.15) is 5.06 Å². The Hall–Kier alpha value is -2.51. The van der Waals surface area contributed by atoms with Gasteiger partial charge in [0.2, 0.25) is 6.41 Å². The molecule has 2 rings (SSSR count). The molecule has 0 spiro atoms. The second-order valence-electron chi connectivity index (χ2n) is 4.82. The summed E-state index contributed by atoms with van der Waals surface area (Å²) in [4.78, 5) is 32.4. The second kappa shape index (κ2) is 8.37. The number of pyridine rings is 1. The zero-order valence-corrected chi connectivity index (χ0v) is 14.4. The number of amides is 1. The van der Waals surface area contributed by atoms with Gasteiger partial charge in [-0.3, -0.25) is 14.6 Å². The van der Waals surface area contributed by atoms with E-state index in [0.717, 1.165) is 10.6 Å². The first-order chi connectivity index (χ1) is 11.5. The maximum absolute atomic E-state index is 11.7. The molecular formula is C17H15BrN2O4. The Bertz CT molecular complexity index is 762. The molecule has 1 aromatic carbocycles. The number of hydrogen-bond donors (Lipinski definition) is 1. The van der Waals surface area contributed by atoms with Crippen molar-refractivity contribution in [3.8, 4) is 0 Å². The predicted octanol–water partition coefficient (Wildman–Crippen LogP) is 3.25. The van der Waals surface area contributed by atoms with Crippen LogP contribution in [0, 0.1) is 0 Å². The number of carbonyl (C=O) groups is 2. The van der Waals surface area contributed by atoms with Crippen LogP contribution in [0.3, 0.4) is 0 Å². The normalized spacial score (nSPS) is 11.6. The number of aliphatic carboxylic acids is 1. The zero-order chi connectivity index (χ0) is 17.5. The predicted molar refractivity (Wildman–Crippen MR) is 91.3 cm³/mol. The van der Waals surface area contributed by atoms with Gasteiger partial charge in [0, 0.05) is 16.9 Å². The highest BCUT2D eigenvalue weighted by Crippen LogP contribution is 2.27. The van der Waals surface area contributed by atoms with E-state index in [-0.39, 0.29) is 12.3 Å². The third-order valence-electron chi connectivity index (χ3n) is 3.26. The molecule has 0 aliphatic carbocycles. The molecule has 0 bridgehead atoms. The fraction of sp³-hybridized carbons (Fsp3) is 0.118. The van der Waals surface area contributed by atoms with Crippen molar-refractivity contribution in [3.63, 3.8) is 0 Å². The Labute approximate surface area is 147 Å². The molecule has 124 valence electrons. The number of carboxylic acids is 1. The fourth-order valence-electron chi connectivity index (χ4n) is 2.09. The lowest BCUT2D eigenvalue weighted by Gasteiger charge is -2.20. The lowest BCUT2D eigenvalue weighted by Crippen LogP contribution is -2.27. The molecule has 6 nitrogen and oxygen atoms in total. The summed E-state index contributed by atoms with van der Waals surface area (Å²) in [6.07, 6.45) is 3.43. The van der Waals surface area contributed by atoms with Crippen LogP contribution in [0.5, 0.6) is 0 Å². The topological polar surface area (TPSA) is 79.7 Å². The summed E-state index contributed by atoms with van der Waals surface area (Å²) in [6.45, 7) is 1.67. The van der Waals surface area contributed by atoms with E-state index in [0.29, 0.717) is 22.0 Å². The summed E-state index contributed by atoms with van der Waals surface area (Å²) in [6, 6.07) is 10.8. The van der Waals surface area contributed by atoms with E-state index in [4.69, 9.17) is 4.84 Å². The molecule has 0 unspecified atom stereocenters. The summed E-state index contributed by atoms with van der Waals surface area (Å²) in [7, 11) is 0. The maximum atomic E-state index is 11.7. The number of benzene rings is 1. The number of nitrogens with zero attached hydrogens (tertiary/aromatic N) is 2. The van der Waals surface area contributed by atoms with Crippen molar-refractivity contribution in [1.29, 1.82) is 0 Å². The van der Waals surface area contributed by atoms with Gasteiger partial charge in [0.05, 0.1) is 0 Å². The van der Waals surface area contributed by atoms with Gasteiger partial charge in [0.25, 0.3) is 0 Å². The summed E-state index contributed by atoms with van der Waals surface area (Å²) in [5.74, 6) is -1.27. The third kappa shape index (κ3) is 4.27. The van der Waals surface area contributed by atoms with Crippen molar-refractivity contribution >= 4 is 33.9 Å². The van der Waals surface area contributed by atoms with Crippen molar-refractivity contribution in [2.75, 3.05) is 0 Å². The zero-order valence-electron chi connectivity index (χ0n) is 12.8. The first-order valence-corrected chi connectivity index (χ1v) is 7.79. The van der Waals surface area contributed by atoms with Gasteiger partial charge in [0.1, 0.15) is 6.61 Å². The molecule has 1 amide bonds. The van der Waals surface area contributed by atoms with E-state index in [2.05, 4.69) is 20.9 Å². The first kappa shape index (κ1) is 17.8. The van der Waals surface area contributed by atoms with Gasteiger partial charge in [-0.25, -0.2) is 4.79 Å². The largest absolute Gasteiger partial charge is 0.476 e. The van der Waals surface area contributed by atoms with E-state index in [1.807, 2.05) is 30.3 Å². The summed E-state index contributed by atoms with van der Waals surface area (Å²) < 4.78 is 0.621. The van der Waals surface area contributed by atoms with Gasteiger partial charge in [-0.1, -0.05) is 30.3 Å². The van der Waals surface area contributed by atoms with Gasteiger partial charge >= 0.3 is 5.97 Å². The minimum Gasteiger partial charge on any atom is -0.476 e. The Balaban J connectivity index is 2.33. The van der Waals surface area contributed by atoms with Crippen LogP contribution in [0.2, 0.25) is 0 Å². The van der Waals surface area contributed by atoms with E-state index in [9.17, 15) is 14.7 Å². The number of hydroxylamine groups is 2. The molecular weight excluding hydrogens is 376 g/mol. The average Bonchev–Trinajstić information content (AvgIpc) is 2.59. The van der Waals surface area contributed by atoms with Crippen molar-refractivity contribution in [3.05, 3.63) is 70.1 Å². The molecule has 0 saturated carbocycles. The van der Waals surface area contributed by atoms with Crippen LogP contribution < -0.4 is 0 Å². The van der Waals surface area contributed by atoms with Gasteiger partial charge in [-0.05, 0) is 45.6 Å². The molecule has 1 aromatic heterocycles. The lowest BCUT2D eigenvalue weighted by atomic mass is 10.1. The smallest absolute Gasteiger partial charge is 0.355 e. The molecule has 0 aliphatic rings. The van der Waals surface area contributed by atoms with Crippen LogP contribution >= 0.6 is 15.9 Å². The van der Waals surface area contributed by atoms with Crippen molar-refractivity contribution in [2.24, 2.45) is 0 Å². The lowest BCUT2D eigenvalue weighted by molar-refractivity contribution is -0.171. The fourth-order valence-corrected chi connectivity index (χ4v) is 2.64. The third-order valence-corrected chi connectivity index (χ3v) is 3.90. The molecule has 2 aromatic rings. The molecule has 0 radical (unpaired) electrons. The average molecular weight is 391 g/mol. The van der Waals surface area contributed by atoms with Crippen molar-refractivity contribution in [1.82, 2.24) is 10.0 Å². The standard InChI is InChI=1S/C17H15BrN2O4/c1-12(14-7-8-19-9-15(14)18)16(17(22)23)20(11-21)24-10-13-5-3-2-4-6-13/h2-9,11H,10H2,1H3,(H,22,23)/b16-12+. The molecule has 24 heavy (non-hydrogen) atoms. The van der Waals surface area contributed by atoms with E-state index in [1.54, 1.807) is 25.4 Å². The van der Waals surface area contributed by atoms with Crippen LogP contribution in [0.1, 0.15) is 18.1 Å². The van der Waals surface area contributed by atoms with Gasteiger partial charge in [-0.15, -0.1) is 0 Å². The van der Waals surface area contributed by atoms with Crippen LogP contribution in [0.25, 0.3) is 5.57 Å². The molecule has 0 atom stereocenters. The van der Waals surface area contributed by atoms with Crippen LogP contribution in [-0.4, -0.2) is 27.5 Å². The van der Waals surface area contributed by atoms with Crippen molar-refractivity contribution in [2.45, 2.75) is 13.5 Å². The van der Waals surface area contributed by atoms with E-state index >= 15 is 0 Å². The second-order valence-corrected chi connectivity index (χ2v) is 5.68. The van der Waals surface area contributed by atoms with Crippen LogP contribution in [0.4, 0.5) is 0 Å². The highest BCUT2D eigenvalue weighted by atomic mass is 79.9. The number of hydrogen-bond acceptors (Lipinski definition) is 4. The minimum atomic E-state index is -1.27. The number of carbonyl (C=O) groups excluding carboxylic acids is 1. The Kier molecular flexibility index (Phi) is 6.22. The molecule has 1 N–H and O–H groups in total. The Morgan fingerprint density at radius 1 is 1.33 bits per heavy atom. The summed E-state index contributed by atoms with van der Waals surface area (Å²) in [5.41, 5.74) is 1.54. The Morgan fingerprint density at radius 3 is 2.62 bits per heavy atom. The molecule has 0 aliphatic heterocycles. The highest BCUT2D eigenvalue weighted by molar-refractivity contribution is 9.10. The van der Waals surface area contributed by atoms with Gasteiger partial charge in [0.15, 0.2) is 5.70 Å². The van der Waals surface area contributed by atoms with E-state index in [1.165, 1.54) is 0 Å². The number of halogens is 1. The molecule has 0 saturated heterocycles. The number of rotatable bonds is 7. The monoisotopic (exact) mass is 390 g/mol. The minimum absolute atomic E-state index is 0.0706. The van der Waals surface area contributed by atoms with Gasteiger partial charge < -0.3 is 5.11 Å². The molecule has 7 heteroatoms. The Morgan fingerprint density at radius 2 is 2.04 bits per heavy atom. The number of aromatic nitrogens is 1. The summed E-state index contributed by atoms with van der Waals surface area (Å²) >= 11 is 3.32. The van der Waals surface area contributed by atoms with E-state index < -0.39 is 5.97 Å². The molecule has 0 fully saturated rings. The molecule has 1 heterocycles.